The van der Waals surface area contributed by atoms with Crippen molar-refractivity contribution in [1.29, 1.82) is 0 Å². The lowest BCUT2D eigenvalue weighted by Crippen LogP contribution is -1.93. The van der Waals surface area contributed by atoms with Crippen molar-refractivity contribution in [2.24, 2.45) is 0 Å². The fourth-order valence-electron chi connectivity index (χ4n) is 8.55. The maximum atomic E-state index is 2.41. The summed E-state index contributed by atoms with van der Waals surface area (Å²) in [4.78, 5) is 0. The van der Waals surface area contributed by atoms with Crippen molar-refractivity contribution in [2.45, 2.75) is 6.42 Å². The number of rotatable bonds is 4. The van der Waals surface area contributed by atoms with Crippen molar-refractivity contribution in [3.63, 3.8) is 0 Å². The second kappa shape index (κ2) is 10.9. The third-order valence-corrected chi connectivity index (χ3v) is 10.9. The molecule has 8 aromatic carbocycles. The molecule has 0 fully saturated rings. The molecular weight excluding hydrogens is 617 g/mol. The van der Waals surface area contributed by atoms with E-state index in [2.05, 4.69) is 191 Å². The molecule has 0 saturated carbocycles. The molecular formula is C49H32N2. The molecule has 0 saturated heterocycles. The number of nitrogens with zero attached hydrogens (tertiary/aromatic N) is 2. The third kappa shape index (κ3) is 4.30. The van der Waals surface area contributed by atoms with Crippen molar-refractivity contribution < 1.29 is 0 Å². The quantitative estimate of drug-likeness (QED) is 0.180. The molecule has 10 aromatic rings. The summed E-state index contributed by atoms with van der Waals surface area (Å²) in [7, 11) is 0. The lowest BCUT2D eigenvalue weighted by Gasteiger charge is -2.09. The molecule has 51 heavy (non-hydrogen) atoms. The van der Waals surface area contributed by atoms with Gasteiger partial charge in [0.05, 0.1) is 22.1 Å². The first-order chi connectivity index (χ1) is 25.3. The summed E-state index contributed by atoms with van der Waals surface area (Å²) in [6.45, 7) is 0. The summed E-state index contributed by atoms with van der Waals surface area (Å²) in [5.74, 6) is 0. The minimum atomic E-state index is 1.01. The molecule has 0 N–H and O–H groups in total. The average molecular weight is 649 g/mol. The Kier molecular flexibility index (Phi) is 6.05. The molecule has 0 bridgehead atoms. The lowest BCUT2D eigenvalue weighted by molar-refractivity contribution is 1.18. The summed E-state index contributed by atoms with van der Waals surface area (Å²) in [6, 6.07) is 67.0. The van der Waals surface area contributed by atoms with E-state index in [0.717, 1.165) is 6.42 Å². The fourth-order valence-corrected chi connectivity index (χ4v) is 8.55. The molecule has 0 atom stereocenters. The largest absolute Gasteiger partial charge is 0.309 e. The van der Waals surface area contributed by atoms with Crippen LogP contribution >= 0.6 is 0 Å². The van der Waals surface area contributed by atoms with Crippen LogP contribution in [-0.2, 0) is 6.42 Å². The van der Waals surface area contributed by atoms with E-state index in [-0.39, 0.29) is 0 Å². The van der Waals surface area contributed by atoms with Gasteiger partial charge in [0.2, 0.25) is 0 Å². The number of fused-ring (bicyclic) bond motifs is 9. The Balaban J connectivity index is 1.11. The smallest absolute Gasteiger partial charge is 0.0541 e. The molecule has 2 heteroatoms. The van der Waals surface area contributed by atoms with Crippen LogP contribution in [0.2, 0.25) is 0 Å². The molecule has 0 radical (unpaired) electrons. The van der Waals surface area contributed by atoms with E-state index in [0.29, 0.717) is 0 Å². The van der Waals surface area contributed by atoms with Gasteiger partial charge in [0.25, 0.3) is 0 Å². The Morgan fingerprint density at radius 3 is 1.33 bits per heavy atom. The van der Waals surface area contributed by atoms with Crippen molar-refractivity contribution in [3.05, 3.63) is 193 Å². The van der Waals surface area contributed by atoms with E-state index in [1.54, 1.807) is 0 Å². The van der Waals surface area contributed by atoms with Gasteiger partial charge >= 0.3 is 0 Å². The van der Waals surface area contributed by atoms with E-state index >= 15 is 0 Å². The highest BCUT2D eigenvalue weighted by Gasteiger charge is 2.20. The second-order valence-corrected chi connectivity index (χ2v) is 13.8. The minimum absolute atomic E-state index is 1.01. The van der Waals surface area contributed by atoms with E-state index in [9.17, 15) is 0 Å². The predicted molar refractivity (Wildman–Crippen MR) is 214 cm³/mol. The molecule has 2 aromatic heterocycles. The van der Waals surface area contributed by atoms with Crippen LogP contribution in [0.15, 0.2) is 182 Å². The monoisotopic (exact) mass is 648 g/mol. The van der Waals surface area contributed by atoms with Gasteiger partial charge in [-0.25, -0.2) is 0 Å². The average Bonchev–Trinajstić information content (AvgIpc) is 3.85. The molecule has 238 valence electrons. The molecule has 0 unspecified atom stereocenters. The molecule has 2 heterocycles. The van der Waals surface area contributed by atoms with Crippen LogP contribution in [0.3, 0.4) is 0 Å². The predicted octanol–water partition coefficient (Wildman–Crippen LogP) is 12.8. The van der Waals surface area contributed by atoms with Crippen LogP contribution in [0.25, 0.3) is 88.4 Å². The topological polar surface area (TPSA) is 9.86 Å². The summed E-state index contributed by atoms with van der Waals surface area (Å²) in [6.07, 6.45) is 1.01. The van der Waals surface area contributed by atoms with Gasteiger partial charge < -0.3 is 9.13 Å². The van der Waals surface area contributed by atoms with Crippen molar-refractivity contribution >= 4 is 43.6 Å². The van der Waals surface area contributed by atoms with Gasteiger partial charge in [0.15, 0.2) is 0 Å². The van der Waals surface area contributed by atoms with Gasteiger partial charge in [-0.15, -0.1) is 0 Å². The van der Waals surface area contributed by atoms with E-state index in [1.807, 2.05) is 0 Å². The zero-order chi connectivity index (χ0) is 33.5. The number of benzene rings is 8. The SMILES string of the molecule is c1ccc(-n2c3ccccc3c3cc(-c4ccc5c(c4)c4cc(-c6ccc7c(c6)-c6ccccc6C7)ccc4n5-c4ccccc4)ccc32)cc1. The highest BCUT2D eigenvalue weighted by atomic mass is 15.0. The van der Waals surface area contributed by atoms with Gasteiger partial charge in [-0.05, 0) is 124 Å². The van der Waals surface area contributed by atoms with Gasteiger partial charge in [0.1, 0.15) is 0 Å². The Bertz CT molecular complexity index is 2980. The van der Waals surface area contributed by atoms with Crippen molar-refractivity contribution in [2.75, 3.05) is 0 Å². The van der Waals surface area contributed by atoms with Gasteiger partial charge in [-0.2, -0.15) is 0 Å². The molecule has 0 amide bonds. The summed E-state index contributed by atoms with van der Waals surface area (Å²) in [5, 5.41) is 5.04. The molecule has 11 rings (SSSR count). The maximum Gasteiger partial charge on any atom is 0.0541 e. The number of aromatic nitrogens is 2. The van der Waals surface area contributed by atoms with E-state index < -0.39 is 0 Å². The Hall–Kier alpha value is -6.64. The Morgan fingerprint density at radius 1 is 0.294 bits per heavy atom. The summed E-state index contributed by atoms with van der Waals surface area (Å²) in [5.41, 5.74) is 17.7. The van der Waals surface area contributed by atoms with E-state index in [1.165, 1.54) is 99.5 Å². The van der Waals surface area contributed by atoms with Crippen LogP contribution in [0.5, 0.6) is 0 Å². The standard InChI is InChI=1S/C49H32N2/c1-3-12-38(13-4-1)50-46-18-10-9-17-41(46)43-29-33(21-24-47(43)50)35-23-26-49-45(31-35)44-30-34(22-25-48(44)51(49)39-14-5-2-6-15-39)32-19-20-37-27-36-11-7-8-16-40(36)42(37)28-32/h1-26,28-31H,27H2. The van der Waals surface area contributed by atoms with Crippen LogP contribution in [0, 0.1) is 0 Å². The fraction of sp³-hybridized carbons (Fsp3) is 0.0204. The highest BCUT2D eigenvalue weighted by Crippen LogP contribution is 2.42. The lowest BCUT2D eigenvalue weighted by atomic mass is 9.97. The third-order valence-electron chi connectivity index (χ3n) is 10.9. The Morgan fingerprint density at radius 2 is 0.725 bits per heavy atom. The first-order valence-corrected chi connectivity index (χ1v) is 17.7. The highest BCUT2D eigenvalue weighted by molar-refractivity contribution is 6.13. The molecule has 1 aliphatic rings. The zero-order valence-electron chi connectivity index (χ0n) is 27.9. The van der Waals surface area contributed by atoms with Crippen LogP contribution in [-0.4, -0.2) is 9.13 Å². The van der Waals surface area contributed by atoms with Crippen molar-refractivity contribution in [3.8, 4) is 44.8 Å². The number of hydrogen-bond acceptors (Lipinski definition) is 0. The normalized spacial score (nSPS) is 12.2. The maximum absolute atomic E-state index is 2.41. The summed E-state index contributed by atoms with van der Waals surface area (Å²) < 4.78 is 4.79. The van der Waals surface area contributed by atoms with Gasteiger partial charge in [-0.3, -0.25) is 0 Å². The molecule has 0 spiro atoms. The van der Waals surface area contributed by atoms with Crippen LogP contribution < -0.4 is 0 Å². The summed E-state index contributed by atoms with van der Waals surface area (Å²) >= 11 is 0. The molecule has 2 nitrogen and oxygen atoms in total. The number of para-hydroxylation sites is 3. The van der Waals surface area contributed by atoms with E-state index in [4.69, 9.17) is 0 Å². The van der Waals surface area contributed by atoms with Crippen LogP contribution in [0.4, 0.5) is 0 Å². The number of hydrogen-bond donors (Lipinski definition) is 0. The van der Waals surface area contributed by atoms with Gasteiger partial charge in [0, 0.05) is 32.9 Å². The first-order valence-electron chi connectivity index (χ1n) is 17.7. The molecule has 0 aliphatic heterocycles. The second-order valence-electron chi connectivity index (χ2n) is 13.8. The molecule has 1 aliphatic carbocycles. The Labute approximate surface area is 296 Å². The first kappa shape index (κ1) is 28.2. The van der Waals surface area contributed by atoms with Gasteiger partial charge in [-0.1, -0.05) is 109 Å². The minimum Gasteiger partial charge on any atom is -0.309 e. The van der Waals surface area contributed by atoms with Crippen molar-refractivity contribution in [1.82, 2.24) is 9.13 Å². The van der Waals surface area contributed by atoms with Crippen LogP contribution in [0.1, 0.15) is 11.1 Å². The zero-order valence-corrected chi connectivity index (χ0v) is 27.9.